The van der Waals surface area contributed by atoms with Crippen LogP contribution < -0.4 is 0 Å². The molecule has 5 nitrogen and oxygen atoms in total. The van der Waals surface area contributed by atoms with E-state index < -0.39 is 9.05 Å². The van der Waals surface area contributed by atoms with Gasteiger partial charge < -0.3 is 4.74 Å². The van der Waals surface area contributed by atoms with Gasteiger partial charge in [0.15, 0.2) is 0 Å². The Morgan fingerprint density at radius 3 is 2.53 bits per heavy atom. The van der Waals surface area contributed by atoms with Gasteiger partial charge in [-0.1, -0.05) is 20.8 Å². The molecule has 0 aliphatic carbocycles. The molecule has 0 spiro atoms. The van der Waals surface area contributed by atoms with Gasteiger partial charge in [-0.15, -0.1) is 0 Å². The Labute approximate surface area is 119 Å². The molecule has 0 bridgehead atoms. The minimum absolute atomic E-state index is 0.0399. The molecule has 7 heteroatoms. The zero-order valence-electron chi connectivity index (χ0n) is 11.8. The van der Waals surface area contributed by atoms with Crippen LogP contribution in [-0.2, 0) is 26.9 Å². The summed E-state index contributed by atoms with van der Waals surface area (Å²) in [5.74, 6) is 0.370. The summed E-state index contributed by atoms with van der Waals surface area (Å²) < 4.78 is 30.2. The molecule has 1 aromatic rings. The first-order valence-electron chi connectivity index (χ1n) is 6.36. The molecule has 0 N–H and O–H groups in total. The van der Waals surface area contributed by atoms with E-state index in [1.54, 1.807) is 4.68 Å². The van der Waals surface area contributed by atoms with Gasteiger partial charge in [0.05, 0.1) is 12.7 Å². The van der Waals surface area contributed by atoms with Crippen LogP contribution in [0.3, 0.4) is 0 Å². The first-order chi connectivity index (χ1) is 8.74. The molecule has 110 valence electrons. The Balaban J connectivity index is 2.96. The van der Waals surface area contributed by atoms with Gasteiger partial charge in [-0.25, -0.2) is 8.42 Å². The van der Waals surface area contributed by atoms with E-state index in [1.807, 2.05) is 27.7 Å². The van der Waals surface area contributed by atoms with Gasteiger partial charge in [0.2, 0.25) is 0 Å². The van der Waals surface area contributed by atoms with Crippen LogP contribution in [0.1, 0.15) is 39.8 Å². The molecule has 1 unspecified atom stereocenters. The molecule has 1 heterocycles. The van der Waals surface area contributed by atoms with Gasteiger partial charge in [-0.2, -0.15) is 5.10 Å². The highest BCUT2D eigenvalue weighted by molar-refractivity contribution is 8.13. The zero-order chi connectivity index (χ0) is 14.6. The Morgan fingerprint density at radius 2 is 2.05 bits per heavy atom. The summed E-state index contributed by atoms with van der Waals surface area (Å²) >= 11 is 0. The maximum absolute atomic E-state index is 11.5. The molecule has 1 rings (SSSR count). The fourth-order valence-electron chi connectivity index (χ4n) is 1.55. The van der Waals surface area contributed by atoms with Crippen LogP contribution in [0.2, 0.25) is 0 Å². The number of rotatable bonds is 7. The van der Waals surface area contributed by atoms with Gasteiger partial charge in [-0.3, -0.25) is 4.68 Å². The maximum Gasteiger partial charge on any atom is 0.264 e. The largest absolute Gasteiger partial charge is 0.372 e. The third kappa shape index (κ3) is 5.12. The molecular formula is C12H21ClN2O3S. The van der Waals surface area contributed by atoms with E-state index in [0.717, 1.165) is 6.42 Å². The highest BCUT2D eigenvalue weighted by Gasteiger charge is 2.21. The highest BCUT2D eigenvalue weighted by atomic mass is 35.7. The van der Waals surface area contributed by atoms with Crippen molar-refractivity contribution in [2.75, 3.05) is 0 Å². The summed E-state index contributed by atoms with van der Waals surface area (Å²) in [5.41, 5.74) is 0.371. The lowest BCUT2D eigenvalue weighted by molar-refractivity contribution is 0.0473. The second-order valence-corrected chi connectivity index (χ2v) is 7.56. The Bertz CT molecular complexity index is 511. The van der Waals surface area contributed by atoms with Crippen molar-refractivity contribution >= 4 is 19.7 Å². The summed E-state index contributed by atoms with van der Waals surface area (Å²) in [7, 11) is 1.63. The van der Waals surface area contributed by atoms with Crippen LogP contribution in [0.25, 0.3) is 0 Å². The molecule has 19 heavy (non-hydrogen) atoms. The van der Waals surface area contributed by atoms with E-state index >= 15 is 0 Å². The van der Waals surface area contributed by atoms with Gasteiger partial charge >= 0.3 is 0 Å². The molecule has 1 atom stereocenters. The molecule has 0 aromatic carbocycles. The molecule has 0 amide bonds. The van der Waals surface area contributed by atoms with Crippen molar-refractivity contribution in [2.45, 2.75) is 58.3 Å². The summed E-state index contributed by atoms with van der Waals surface area (Å²) in [5, 5.41) is 4.25. The number of ether oxygens (including phenoxy) is 1. The fraction of sp³-hybridized carbons (Fsp3) is 0.750. The van der Waals surface area contributed by atoms with Crippen LogP contribution >= 0.6 is 10.7 Å². The lowest BCUT2D eigenvalue weighted by Crippen LogP contribution is -2.09. The van der Waals surface area contributed by atoms with Crippen LogP contribution in [0.4, 0.5) is 0 Å². The van der Waals surface area contributed by atoms with E-state index in [9.17, 15) is 8.42 Å². The molecule has 0 aliphatic heterocycles. The van der Waals surface area contributed by atoms with Gasteiger partial charge in [-0.05, 0) is 19.3 Å². The van der Waals surface area contributed by atoms with Crippen molar-refractivity contribution in [1.29, 1.82) is 0 Å². The highest BCUT2D eigenvalue weighted by Crippen LogP contribution is 2.21. The van der Waals surface area contributed by atoms with Crippen molar-refractivity contribution in [3.63, 3.8) is 0 Å². The van der Waals surface area contributed by atoms with E-state index in [0.29, 0.717) is 18.2 Å². The van der Waals surface area contributed by atoms with Crippen LogP contribution in [0, 0.1) is 5.92 Å². The Hall–Kier alpha value is -0.590. The van der Waals surface area contributed by atoms with E-state index in [2.05, 4.69) is 5.10 Å². The van der Waals surface area contributed by atoms with E-state index in [4.69, 9.17) is 15.4 Å². The van der Waals surface area contributed by atoms with Crippen LogP contribution in [0.5, 0.6) is 0 Å². The third-order valence-electron chi connectivity index (χ3n) is 2.69. The minimum Gasteiger partial charge on any atom is -0.372 e. The van der Waals surface area contributed by atoms with Crippen LogP contribution in [-0.4, -0.2) is 24.3 Å². The Kier molecular flexibility index (Phi) is 5.82. The molecular weight excluding hydrogens is 288 g/mol. The number of halogens is 1. The molecule has 1 aromatic heterocycles. The van der Waals surface area contributed by atoms with Crippen molar-refractivity contribution in [3.8, 4) is 0 Å². The smallest absolute Gasteiger partial charge is 0.264 e. The number of nitrogens with zero attached hydrogens (tertiary/aromatic N) is 2. The van der Waals surface area contributed by atoms with Crippen LogP contribution in [0.15, 0.2) is 11.1 Å². The SMILES string of the molecule is CCC(C)OCc1nn(CC(C)C)cc1S(=O)(=O)Cl. The molecule has 0 aliphatic rings. The molecule has 0 radical (unpaired) electrons. The predicted molar refractivity (Wildman–Crippen MR) is 74.6 cm³/mol. The summed E-state index contributed by atoms with van der Waals surface area (Å²) in [6.45, 7) is 8.79. The lowest BCUT2D eigenvalue weighted by Gasteiger charge is -2.09. The van der Waals surface area contributed by atoms with Crippen molar-refractivity contribution in [1.82, 2.24) is 9.78 Å². The number of hydrogen-bond donors (Lipinski definition) is 0. The minimum atomic E-state index is -3.79. The monoisotopic (exact) mass is 308 g/mol. The molecule has 0 fully saturated rings. The topological polar surface area (TPSA) is 61.2 Å². The zero-order valence-corrected chi connectivity index (χ0v) is 13.3. The molecule has 0 saturated carbocycles. The third-order valence-corrected chi connectivity index (χ3v) is 4.06. The first kappa shape index (κ1) is 16.5. The second-order valence-electron chi connectivity index (χ2n) is 5.02. The van der Waals surface area contributed by atoms with Crippen molar-refractivity contribution < 1.29 is 13.2 Å². The fourth-order valence-corrected chi connectivity index (χ4v) is 2.57. The Morgan fingerprint density at radius 1 is 1.42 bits per heavy atom. The second kappa shape index (κ2) is 6.72. The van der Waals surface area contributed by atoms with Gasteiger partial charge in [0, 0.05) is 23.4 Å². The van der Waals surface area contributed by atoms with Gasteiger partial charge in [0.1, 0.15) is 10.6 Å². The summed E-state index contributed by atoms with van der Waals surface area (Å²) in [6.07, 6.45) is 2.38. The maximum atomic E-state index is 11.5. The van der Waals surface area contributed by atoms with Gasteiger partial charge in [0.25, 0.3) is 9.05 Å². The van der Waals surface area contributed by atoms with Crippen molar-refractivity contribution in [3.05, 3.63) is 11.9 Å². The average Bonchev–Trinajstić information content (AvgIpc) is 2.67. The quantitative estimate of drug-likeness (QED) is 0.727. The summed E-state index contributed by atoms with van der Waals surface area (Å²) in [4.78, 5) is 0.0399. The van der Waals surface area contributed by atoms with Crippen molar-refractivity contribution in [2.24, 2.45) is 5.92 Å². The average molecular weight is 309 g/mol. The standard InChI is InChI=1S/C12H21ClN2O3S/c1-5-10(4)18-8-11-12(19(13,16)17)7-15(14-11)6-9(2)3/h7,9-10H,5-6,8H2,1-4H3. The van der Waals surface area contributed by atoms with E-state index in [1.165, 1.54) is 6.20 Å². The number of hydrogen-bond acceptors (Lipinski definition) is 4. The summed E-state index contributed by atoms with van der Waals surface area (Å²) in [6, 6.07) is 0. The number of aromatic nitrogens is 2. The normalized spacial score (nSPS) is 14.0. The van der Waals surface area contributed by atoms with E-state index in [-0.39, 0.29) is 17.6 Å². The first-order valence-corrected chi connectivity index (χ1v) is 8.67. The predicted octanol–water partition coefficient (Wildman–Crippen LogP) is 2.78. The molecule has 0 saturated heterocycles. The lowest BCUT2D eigenvalue weighted by atomic mass is 10.2.